The van der Waals surface area contributed by atoms with Crippen molar-refractivity contribution in [2.24, 2.45) is 0 Å². The van der Waals surface area contributed by atoms with Gasteiger partial charge in [-0.2, -0.15) is 0 Å². The molecule has 10 rings (SSSR count). The normalized spacial score (nSPS) is 12.3. The molecule has 0 saturated heterocycles. The van der Waals surface area contributed by atoms with E-state index in [1.807, 2.05) is 36.4 Å². The minimum absolute atomic E-state index is 0.861. The second-order valence-corrected chi connectivity index (χ2v) is 11.0. The van der Waals surface area contributed by atoms with Crippen LogP contribution < -0.4 is 0 Å². The minimum atomic E-state index is 0.861. The van der Waals surface area contributed by atoms with Gasteiger partial charge in [-0.3, -0.25) is 4.57 Å². The molecule has 0 N–H and O–H groups in total. The van der Waals surface area contributed by atoms with Crippen LogP contribution in [0.15, 0.2) is 132 Å². The first-order valence-electron chi connectivity index (χ1n) is 14.2. The highest BCUT2D eigenvalue weighted by Crippen LogP contribution is 2.46. The fourth-order valence-corrected chi connectivity index (χ4v) is 6.84. The Bertz CT molecular complexity index is 2590. The van der Waals surface area contributed by atoms with Crippen molar-refractivity contribution >= 4 is 54.8 Å². The first-order chi connectivity index (χ1) is 20.8. The predicted octanol–water partition coefficient (Wildman–Crippen LogP) is 9.94. The zero-order valence-corrected chi connectivity index (χ0v) is 22.4. The van der Waals surface area contributed by atoms with Gasteiger partial charge in [0, 0.05) is 32.7 Å². The van der Waals surface area contributed by atoms with Crippen LogP contribution in [0.2, 0.25) is 0 Å². The van der Waals surface area contributed by atoms with Crippen LogP contribution in [0.3, 0.4) is 0 Å². The maximum atomic E-state index is 6.11. The molecule has 6 aromatic carbocycles. The molecule has 0 amide bonds. The van der Waals surface area contributed by atoms with Crippen LogP contribution in [0.1, 0.15) is 0 Å². The molecule has 9 aromatic rings. The summed E-state index contributed by atoms with van der Waals surface area (Å²) >= 11 is 0. The van der Waals surface area contributed by atoms with Crippen molar-refractivity contribution in [1.29, 1.82) is 0 Å². The van der Waals surface area contributed by atoms with E-state index in [9.17, 15) is 0 Å². The first kappa shape index (κ1) is 22.0. The highest BCUT2D eigenvalue weighted by atomic mass is 16.3. The molecule has 0 radical (unpaired) electrons. The average Bonchev–Trinajstić information content (AvgIpc) is 3.55. The molecular formula is C38H21N3O. The standard InChI is InChI=1S/C38H21N3O/c1-2-10-27-24(8-1)28-11-7-12-29-25-18-16-23(22-17-19-35-30(20-22)26-9-3-6-15-34(26)42-35)21-33(25)41(37(28)29)38-36(27)39-31-13-4-5-14-32(31)40-38/h1-21H. The number of rotatable bonds is 1. The van der Waals surface area contributed by atoms with Crippen molar-refractivity contribution < 1.29 is 4.42 Å². The summed E-state index contributed by atoms with van der Waals surface area (Å²) in [5, 5.41) is 4.67. The Balaban J connectivity index is 1.32. The van der Waals surface area contributed by atoms with Gasteiger partial charge in [0.25, 0.3) is 0 Å². The van der Waals surface area contributed by atoms with Gasteiger partial charge in [-0.1, -0.05) is 91.0 Å². The molecule has 1 aliphatic heterocycles. The minimum Gasteiger partial charge on any atom is -0.456 e. The Morgan fingerprint density at radius 3 is 2.10 bits per heavy atom. The lowest BCUT2D eigenvalue weighted by Crippen LogP contribution is -2.02. The van der Waals surface area contributed by atoms with Crippen LogP contribution in [-0.2, 0) is 0 Å². The van der Waals surface area contributed by atoms with Crippen LogP contribution in [0.5, 0.6) is 0 Å². The van der Waals surface area contributed by atoms with Gasteiger partial charge >= 0.3 is 0 Å². The van der Waals surface area contributed by atoms with Crippen LogP contribution in [0, 0.1) is 0 Å². The van der Waals surface area contributed by atoms with Gasteiger partial charge in [0.2, 0.25) is 0 Å². The van der Waals surface area contributed by atoms with Crippen molar-refractivity contribution in [1.82, 2.24) is 14.5 Å². The summed E-state index contributed by atoms with van der Waals surface area (Å²) in [6, 6.07) is 44.8. The van der Waals surface area contributed by atoms with E-state index in [-0.39, 0.29) is 0 Å². The van der Waals surface area contributed by atoms with Crippen molar-refractivity contribution in [2.75, 3.05) is 0 Å². The van der Waals surface area contributed by atoms with Gasteiger partial charge in [-0.15, -0.1) is 0 Å². The summed E-state index contributed by atoms with van der Waals surface area (Å²) in [6.45, 7) is 0. The van der Waals surface area contributed by atoms with E-state index in [0.717, 1.165) is 72.2 Å². The molecule has 194 valence electrons. The van der Waals surface area contributed by atoms with Crippen molar-refractivity contribution in [2.45, 2.75) is 0 Å². The average molecular weight is 536 g/mol. The van der Waals surface area contributed by atoms with E-state index in [4.69, 9.17) is 14.4 Å². The molecule has 0 atom stereocenters. The number of nitrogens with zero attached hydrogens (tertiary/aromatic N) is 3. The van der Waals surface area contributed by atoms with Crippen molar-refractivity contribution in [3.63, 3.8) is 0 Å². The van der Waals surface area contributed by atoms with Gasteiger partial charge in [0.1, 0.15) is 16.9 Å². The first-order valence-corrected chi connectivity index (χ1v) is 14.2. The zero-order valence-electron chi connectivity index (χ0n) is 22.4. The Kier molecular flexibility index (Phi) is 4.15. The smallest absolute Gasteiger partial charge is 0.165 e. The number of benzene rings is 6. The number of hydrogen-bond donors (Lipinski definition) is 0. The molecule has 0 saturated carbocycles. The topological polar surface area (TPSA) is 43.9 Å². The fraction of sp³-hybridized carbons (Fsp3) is 0. The van der Waals surface area contributed by atoms with Crippen LogP contribution in [0.25, 0.3) is 94.1 Å². The van der Waals surface area contributed by atoms with E-state index in [1.165, 1.54) is 21.9 Å². The van der Waals surface area contributed by atoms with Crippen LogP contribution in [-0.4, -0.2) is 14.5 Å². The largest absolute Gasteiger partial charge is 0.456 e. The summed E-state index contributed by atoms with van der Waals surface area (Å²) in [5.41, 5.74) is 12.5. The number of fused-ring (bicyclic) bond motifs is 12. The molecule has 4 nitrogen and oxygen atoms in total. The van der Waals surface area contributed by atoms with E-state index in [1.54, 1.807) is 0 Å². The molecule has 0 unspecified atom stereocenters. The lowest BCUT2D eigenvalue weighted by atomic mass is 9.96. The lowest BCUT2D eigenvalue weighted by molar-refractivity contribution is 0.669. The van der Waals surface area contributed by atoms with Crippen LogP contribution in [0.4, 0.5) is 0 Å². The lowest BCUT2D eigenvalue weighted by Gasteiger charge is -2.12. The quantitative estimate of drug-likeness (QED) is 0.210. The summed E-state index contributed by atoms with van der Waals surface area (Å²) < 4.78 is 8.45. The van der Waals surface area contributed by atoms with E-state index < -0.39 is 0 Å². The third kappa shape index (κ3) is 2.85. The molecule has 1 aliphatic rings. The van der Waals surface area contributed by atoms with E-state index in [2.05, 4.69) is 95.6 Å². The Morgan fingerprint density at radius 1 is 0.476 bits per heavy atom. The summed E-state index contributed by atoms with van der Waals surface area (Å²) in [6.07, 6.45) is 0. The fourth-order valence-electron chi connectivity index (χ4n) is 6.84. The monoisotopic (exact) mass is 535 g/mol. The Morgan fingerprint density at radius 2 is 1.17 bits per heavy atom. The zero-order chi connectivity index (χ0) is 27.4. The van der Waals surface area contributed by atoms with Gasteiger partial charge < -0.3 is 4.42 Å². The second kappa shape index (κ2) is 7.93. The van der Waals surface area contributed by atoms with Gasteiger partial charge in [-0.05, 0) is 53.1 Å². The summed E-state index contributed by atoms with van der Waals surface area (Å²) in [5.74, 6) is 0.861. The molecule has 0 aliphatic carbocycles. The molecule has 3 aromatic heterocycles. The molecule has 4 heterocycles. The number of para-hydroxylation sites is 4. The van der Waals surface area contributed by atoms with Gasteiger partial charge in [0.15, 0.2) is 5.82 Å². The van der Waals surface area contributed by atoms with E-state index >= 15 is 0 Å². The predicted molar refractivity (Wildman–Crippen MR) is 171 cm³/mol. The number of aromatic nitrogens is 3. The maximum absolute atomic E-state index is 6.11. The number of hydrogen-bond acceptors (Lipinski definition) is 3. The maximum Gasteiger partial charge on any atom is 0.165 e. The molecule has 0 fully saturated rings. The summed E-state index contributed by atoms with van der Waals surface area (Å²) in [4.78, 5) is 10.5. The van der Waals surface area contributed by atoms with Crippen molar-refractivity contribution in [3.8, 4) is 39.3 Å². The molecule has 0 spiro atoms. The number of furan rings is 1. The van der Waals surface area contributed by atoms with Crippen LogP contribution >= 0.6 is 0 Å². The molecule has 42 heavy (non-hydrogen) atoms. The van der Waals surface area contributed by atoms with Gasteiger partial charge in [-0.25, -0.2) is 9.97 Å². The third-order valence-electron chi connectivity index (χ3n) is 8.73. The van der Waals surface area contributed by atoms with Crippen molar-refractivity contribution in [3.05, 3.63) is 127 Å². The second-order valence-electron chi connectivity index (χ2n) is 11.0. The summed E-state index contributed by atoms with van der Waals surface area (Å²) in [7, 11) is 0. The highest BCUT2D eigenvalue weighted by molar-refractivity contribution is 6.17. The Labute approximate surface area is 240 Å². The molecule has 4 heteroatoms. The van der Waals surface area contributed by atoms with Gasteiger partial charge in [0.05, 0.1) is 22.1 Å². The molecule has 0 bridgehead atoms. The third-order valence-corrected chi connectivity index (χ3v) is 8.73. The van der Waals surface area contributed by atoms with E-state index in [0.29, 0.717) is 0 Å². The SMILES string of the molecule is c1ccc2c(c1)-c1nc3ccccc3nc1-n1c3cc(-c4ccc5oc6ccccc6c5c4)ccc3c3cccc-2c31. The molecular weight excluding hydrogens is 514 g/mol. The highest BCUT2D eigenvalue weighted by Gasteiger charge is 2.26. The Hall–Kier alpha value is -5.74.